The van der Waals surface area contributed by atoms with Crippen molar-refractivity contribution in [3.05, 3.63) is 64.7 Å². The molecule has 0 saturated carbocycles. The molecular formula is C26H30N4O4. The van der Waals surface area contributed by atoms with Gasteiger partial charge in [-0.15, -0.1) is 0 Å². The van der Waals surface area contributed by atoms with E-state index in [-0.39, 0.29) is 24.1 Å². The number of carbonyl (C=O) groups excluding carboxylic acids is 3. The Bertz CT molecular complexity index is 1090. The van der Waals surface area contributed by atoms with E-state index >= 15 is 0 Å². The second kappa shape index (κ2) is 9.56. The van der Waals surface area contributed by atoms with E-state index < -0.39 is 6.04 Å². The Labute approximate surface area is 199 Å². The monoisotopic (exact) mass is 462 g/mol. The normalized spacial score (nSPS) is 21.2. The number of carbonyl (C=O) groups is 3. The van der Waals surface area contributed by atoms with Gasteiger partial charge in [-0.2, -0.15) is 0 Å². The molecule has 0 aromatic heterocycles. The summed E-state index contributed by atoms with van der Waals surface area (Å²) in [5.74, 6) is -0.0427. The standard InChI is InChI=1S/C26H30N4O4/c1-28-24(31)10-9-22(26(28)33)30-16-21-20(25(30)32)3-2-4-23(21)34-17-19-7-5-18(6-8-19)15-29-13-11-27-12-14-29/h2-8,22,27H,9-17H2,1H3. The zero-order chi connectivity index (χ0) is 23.7. The van der Waals surface area contributed by atoms with Gasteiger partial charge < -0.3 is 15.0 Å². The number of hydrogen-bond acceptors (Lipinski definition) is 6. The van der Waals surface area contributed by atoms with Crippen molar-refractivity contribution in [3.63, 3.8) is 0 Å². The number of piperidine rings is 1. The van der Waals surface area contributed by atoms with Crippen LogP contribution in [-0.4, -0.2) is 71.7 Å². The summed E-state index contributed by atoms with van der Waals surface area (Å²) in [6.07, 6.45) is 0.624. The molecule has 1 N–H and O–H groups in total. The lowest BCUT2D eigenvalue weighted by Crippen LogP contribution is -2.53. The molecule has 3 aliphatic rings. The number of rotatable bonds is 6. The third kappa shape index (κ3) is 4.43. The first-order valence-corrected chi connectivity index (χ1v) is 11.9. The summed E-state index contributed by atoms with van der Waals surface area (Å²) in [5, 5.41) is 3.37. The smallest absolute Gasteiger partial charge is 0.255 e. The first-order valence-electron chi connectivity index (χ1n) is 11.9. The van der Waals surface area contributed by atoms with Gasteiger partial charge in [0, 0.05) is 57.3 Å². The van der Waals surface area contributed by atoms with Crippen molar-refractivity contribution >= 4 is 17.7 Å². The molecule has 0 radical (unpaired) electrons. The first kappa shape index (κ1) is 22.6. The molecule has 2 fully saturated rings. The number of fused-ring (bicyclic) bond motifs is 1. The zero-order valence-electron chi connectivity index (χ0n) is 19.5. The van der Waals surface area contributed by atoms with Crippen molar-refractivity contribution in [2.24, 2.45) is 0 Å². The van der Waals surface area contributed by atoms with E-state index in [4.69, 9.17) is 4.74 Å². The summed E-state index contributed by atoms with van der Waals surface area (Å²) >= 11 is 0. The van der Waals surface area contributed by atoms with E-state index in [1.165, 1.54) is 12.6 Å². The molecule has 2 aromatic carbocycles. The van der Waals surface area contributed by atoms with Crippen molar-refractivity contribution in [3.8, 4) is 5.75 Å². The number of amides is 3. The molecule has 0 aliphatic carbocycles. The minimum Gasteiger partial charge on any atom is -0.489 e. The fourth-order valence-corrected chi connectivity index (χ4v) is 4.93. The van der Waals surface area contributed by atoms with Crippen LogP contribution in [0.1, 0.15) is 39.9 Å². The van der Waals surface area contributed by atoms with Crippen molar-refractivity contribution < 1.29 is 19.1 Å². The van der Waals surface area contributed by atoms with Gasteiger partial charge in [0.1, 0.15) is 18.4 Å². The van der Waals surface area contributed by atoms with E-state index in [1.54, 1.807) is 11.0 Å². The van der Waals surface area contributed by atoms with Crippen LogP contribution >= 0.6 is 0 Å². The Balaban J connectivity index is 1.24. The number of likely N-dealkylation sites (N-methyl/N-ethyl adjacent to an activating group) is 1. The number of nitrogens with zero attached hydrogens (tertiary/aromatic N) is 3. The molecule has 3 heterocycles. The van der Waals surface area contributed by atoms with E-state index in [2.05, 4.69) is 34.5 Å². The molecule has 0 bridgehead atoms. The van der Waals surface area contributed by atoms with Gasteiger partial charge in [-0.25, -0.2) is 0 Å². The first-order chi connectivity index (χ1) is 16.5. The van der Waals surface area contributed by atoms with Gasteiger partial charge in [0.2, 0.25) is 5.91 Å². The average molecular weight is 463 g/mol. The van der Waals surface area contributed by atoms with Gasteiger partial charge in [-0.1, -0.05) is 30.3 Å². The maximum absolute atomic E-state index is 13.1. The van der Waals surface area contributed by atoms with Crippen molar-refractivity contribution in [2.45, 2.75) is 38.6 Å². The van der Waals surface area contributed by atoms with Crippen LogP contribution in [-0.2, 0) is 29.3 Å². The maximum atomic E-state index is 13.1. The second-order valence-corrected chi connectivity index (χ2v) is 9.19. The second-order valence-electron chi connectivity index (χ2n) is 9.19. The number of nitrogens with one attached hydrogen (secondary N) is 1. The summed E-state index contributed by atoms with van der Waals surface area (Å²) < 4.78 is 6.13. The molecule has 2 saturated heterocycles. The van der Waals surface area contributed by atoms with E-state index in [1.807, 2.05) is 12.1 Å². The minimum absolute atomic E-state index is 0.182. The van der Waals surface area contributed by atoms with Gasteiger partial charge >= 0.3 is 0 Å². The van der Waals surface area contributed by atoms with Crippen LogP contribution < -0.4 is 10.1 Å². The number of likely N-dealkylation sites (tertiary alicyclic amines) is 1. The molecule has 5 rings (SSSR count). The van der Waals surface area contributed by atoms with Gasteiger partial charge in [-0.3, -0.25) is 24.2 Å². The quantitative estimate of drug-likeness (QED) is 0.659. The van der Waals surface area contributed by atoms with Gasteiger partial charge in [0.25, 0.3) is 11.8 Å². The summed E-state index contributed by atoms with van der Waals surface area (Å²) in [6.45, 7) is 5.88. The number of benzene rings is 2. The Hall–Kier alpha value is -3.23. The van der Waals surface area contributed by atoms with Crippen molar-refractivity contribution in [1.29, 1.82) is 0 Å². The molecule has 34 heavy (non-hydrogen) atoms. The lowest BCUT2D eigenvalue weighted by Gasteiger charge is -2.33. The highest BCUT2D eigenvalue weighted by Gasteiger charge is 2.42. The van der Waals surface area contributed by atoms with Gasteiger partial charge in [0.15, 0.2) is 0 Å². The molecule has 2 aromatic rings. The molecule has 3 amide bonds. The van der Waals surface area contributed by atoms with Crippen molar-refractivity contribution in [2.75, 3.05) is 33.2 Å². The van der Waals surface area contributed by atoms with Crippen LogP contribution in [0.2, 0.25) is 0 Å². The third-order valence-electron chi connectivity index (χ3n) is 6.98. The number of hydrogen-bond donors (Lipinski definition) is 1. The van der Waals surface area contributed by atoms with E-state index in [0.717, 1.165) is 48.8 Å². The van der Waals surface area contributed by atoms with Crippen LogP contribution in [0.25, 0.3) is 0 Å². The number of imide groups is 1. The summed E-state index contributed by atoms with van der Waals surface area (Å²) in [7, 11) is 1.48. The van der Waals surface area contributed by atoms with Crippen LogP contribution in [0.15, 0.2) is 42.5 Å². The SMILES string of the molecule is CN1C(=O)CCC(N2Cc3c(OCc4ccc(CN5CCNCC5)cc4)cccc3C2=O)C1=O. The summed E-state index contributed by atoms with van der Waals surface area (Å²) in [5.41, 5.74) is 3.71. The summed E-state index contributed by atoms with van der Waals surface area (Å²) in [6, 6.07) is 13.3. The highest BCUT2D eigenvalue weighted by molar-refractivity contribution is 6.05. The topological polar surface area (TPSA) is 82.2 Å². The Morgan fingerprint density at radius 3 is 2.50 bits per heavy atom. The van der Waals surface area contributed by atoms with Crippen LogP contribution in [0.3, 0.4) is 0 Å². The molecule has 178 valence electrons. The number of ether oxygens (including phenoxy) is 1. The maximum Gasteiger partial charge on any atom is 0.255 e. The van der Waals surface area contributed by atoms with Gasteiger partial charge in [0.05, 0.1) is 6.54 Å². The van der Waals surface area contributed by atoms with Crippen LogP contribution in [0.4, 0.5) is 0 Å². The Morgan fingerprint density at radius 1 is 1.00 bits per heavy atom. The summed E-state index contributed by atoms with van der Waals surface area (Å²) in [4.78, 5) is 42.7. The lowest BCUT2D eigenvalue weighted by atomic mass is 10.0. The molecule has 1 unspecified atom stereocenters. The van der Waals surface area contributed by atoms with Crippen LogP contribution in [0.5, 0.6) is 5.75 Å². The Morgan fingerprint density at radius 2 is 1.74 bits per heavy atom. The Kier molecular flexibility index (Phi) is 6.34. The van der Waals surface area contributed by atoms with E-state index in [0.29, 0.717) is 30.9 Å². The predicted molar refractivity (Wildman–Crippen MR) is 126 cm³/mol. The number of piperazine rings is 1. The molecule has 0 spiro atoms. The fraction of sp³-hybridized carbons (Fsp3) is 0.423. The molecule has 8 nitrogen and oxygen atoms in total. The van der Waals surface area contributed by atoms with E-state index in [9.17, 15) is 14.4 Å². The molecule has 1 atom stereocenters. The molecule has 8 heteroatoms. The van der Waals surface area contributed by atoms with Gasteiger partial charge in [-0.05, 0) is 29.7 Å². The predicted octanol–water partition coefficient (Wildman–Crippen LogP) is 1.77. The minimum atomic E-state index is -0.612. The zero-order valence-corrected chi connectivity index (χ0v) is 19.5. The van der Waals surface area contributed by atoms with Crippen LogP contribution in [0, 0.1) is 0 Å². The average Bonchev–Trinajstić information content (AvgIpc) is 3.20. The highest BCUT2D eigenvalue weighted by Crippen LogP contribution is 2.34. The van der Waals surface area contributed by atoms with Crippen molar-refractivity contribution in [1.82, 2.24) is 20.0 Å². The highest BCUT2D eigenvalue weighted by atomic mass is 16.5. The lowest BCUT2D eigenvalue weighted by molar-refractivity contribution is -0.150. The molecular weight excluding hydrogens is 432 g/mol. The largest absolute Gasteiger partial charge is 0.489 e. The fourth-order valence-electron chi connectivity index (χ4n) is 4.93. The third-order valence-corrected chi connectivity index (χ3v) is 6.98. The molecule has 3 aliphatic heterocycles.